The lowest BCUT2D eigenvalue weighted by Crippen LogP contribution is -2.20. The smallest absolute Gasteiger partial charge is 0.264 e. The van der Waals surface area contributed by atoms with E-state index in [0.29, 0.717) is 15.9 Å². The van der Waals surface area contributed by atoms with Gasteiger partial charge in [0.25, 0.3) is 5.91 Å². The largest absolute Gasteiger partial charge is 0.483 e. The molecule has 0 unspecified atom stereocenters. The second kappa shape index (κ2) is 7.68. The highest BCUT2D eigenvalue weighted by Crippen LogP contribution is 2.31. The lowest BCUT2D eigenvalue weighted by molar-refractivity contribution is -0.118. The van der Waals surface area contributed by atoms with Crippen molar-refractivity contribution in [1.82, 2.24) is 4.98 Å². The van der Waals surface area contributed by atoms with Crippen molar-refractivity contribution >= 4 is 34.0 Å². The molecule has 3 rings (SSSR count). The van der Waals surface area contributed by atoms with Gasteiger partial charge in [0.2, 0.25) is 0 Å². The van der Waals surface area contributed by atoms with E-state index in [-0.39, 0.29) is 12.5 Å². The number of hydrogen-bond acceptors (Lipinski definition) is 4. The van der Waals surface area contributed by atoms with Crippen LogP contribution in [0, 0.1) is 13.8 Å². The van der Waals surface area contributed by atoms with Crippen molar-refractivity contribution in [2.24, 2.45) is 0 Å². The van der Waals surface area contributed by atoms with Crippen LogP contribution < -0.4 is 10.1 Å². The van der Waals surface area contributed by atoms with E-state index < -0.39 is 0 Å². The molecule has 128 valence electrons. The summed E-state index contributed by atoms with van der Waals surface area (Å²) in [7, 11) is 0. The number of carbonyl (C=O) groups is 1. The molecule has 1 aromatic heterocycles. The SMILES string of the molecule is Cc1ccccc1OCC(=O)Nc1nc(-c2ccc(Cl)cc2)c(C)s1. The van der Waals surface area contributed by atoms with E-state index >= 15 is 0 Å². The standard InChI is InChI=1S/C19H17ClN2O2S/c1-12-5-3-4-6-16(12)24-11-17(23)21-19-22-18(13(2)25-19)14-7-9-15(20)10-8-14/h3-10H,11H2,1-2H3,(H,21,22,23). The molecule has 6 heteroatoms. The van der Waals surface area contributed by atoms with Gasteiger partial charge in [0.05, 0.1) is 5.69 Å². The first-order valence-electron chi connectivity index (χ1n) is 7.74. The molecule has 0 aliphatic carbocycles. The van der Waals surface area contributed by atoms with E-state index in [1.54, 1.807) is 0 Å². The fraction of sp³-hybridized carbons (Fsp3) is 0.158. The lowest BCUT2D eigenvalue weighted by Gasteiger charge is -2.08. The Morgan fingerprint density at radius 3 is 2.60 bits per heavy atom. The molecule has 0 bridgehead atoms. The zero-order valence-corrected chi connectivity index (χ0v) is 15.4. The van der Waals surface area contributed by atoms with Crippen LogP contribution in [0.25, 0.3) is 11.3 Å². The molecule has 4 nitrogen and oxygen atoms in total. The van der Waals surface area contributed by atoms with Crippen LogP contribution in [0.5, 0.6) is 5.75 Å². The van der Waals surface area contributed by atoms with Gasteiger partial charge in [0, 0.05) is 15.5 Å². The minimum atomic E-state index is -0.236. The maximum atomic E-state index is 12.1. The van der Waals surface area contributed by atoms with Gasteiger partial charge in [-0.25, -0.2) is 4.98 Å². The highest BCUT2D eigenvalue weighted by molar-refractivity contribution is 7.16. The van der Waals surface area contributed by atoms with Crippen molar-refractivity contribution in [3.05, 3.63) is 64.0 Å². The molecule has 0 aliphatic rings. The Bertz CT molecular complexity index is 891. The third kappa shape index (κ3) is 4.38. The molecule has 3 aromatic rings. The predicted molar refractivity (Wildman–Crippen MR) is 103 cm³/mol. The van der Waals surface area contributed by atoms with Crippen LogP contribution in [0.3, 0.4) is 0 Å². The molecule has 0 spiro atoms. The molecule has 2 aromatic carbocycles. The predicted octanol–water partition coefficient (Wildman–Crippen LogP) is 5.10. The van der Waals surface area contributed by atoms with Gasteiger partial charge in [-0.05, 0) is 37.6 Å². The van der Waals surface area contributed by atoms with Crippen LogP contribution in [0.1, 0.15) is 10.4 Å². The molecule has 0 radical (unpaired) electrons. The van der Waals surface area contributed by atoms with Crippen LogP contribution in [0.4, 0.5) is 5.13 Å². The Morgan fingerprint density at radius 1 is 1.16 bits per heavy atom. The second-order valence-electron chi connectivity index (χ2n) is 5.53. The van der Waals surface area contributed by atoms with Gasteiger partial charge in [-0.15, -0.1) is 11.3 Å². The molecule has 0 fully saturated rings. The molecule has 1 N–H and O–H groups in total. The molecule has 1 heterocycles. The van der Waals surface area contributed by atoms with Crippen molar-refractivity contribution < 1.29 is 9.53 Å². The number of hydrogen-bond donors (Lipinski definition) is 1. The number of thiazole rings is 1. The molecule has 1 amide bonds. The number of carbonyl (C=O) groups excluding carboxylic acids is 1. The number of para-hydroxylation sites is 1. The summed E-state index contributed by atoms with van der Waals surface area (Å²) >= 11 is 7.36. The molecule has 0 aliphatic heterocycles. The van der Waals surface area contributed by atoms with Crippen molar-refractivity contribution in [2.75, 3.05) is 11.9 Å². The summed E-state index contributed by atoms with van der Waals surface area (Å²) in [5.74, 6) is 0.467. The number of nitrogens with zero attached hydrogens (tertiary/aromatic N) is 1. The topological polar surface area (TPSA) is 51.2 Å². The summed E-state index contributed by atoms with van der Waals surface area (Å²) in [4.78, 5) is 17.6. The summed E-state index contributed by atoms with van der Waals surface area (Å²) in [6.45, 7) is 3.86. The third-order valence-electron chi connectivity index (χ3n) is 3.61. The van der Waals surface area contributed by atoms with E-state index in [2.05, 4.69) is 10.3 Å². The zero-order chi connectivity index (χ0) is 17.8. The molecule has 0 saturated heterocycles. The van der Waals surface area contributed by atoms with Gasteiger partial charge in [0.1, 0.15) is 5.75 Å². The Labute approximate surface area is 155 Å². The van der Waals surface area contributed by atoms with Gasteiger partial charge >= 0.3 is 0 Å². The first kappa shape index (κ1) is 17.5. The highest BCUT2D eigenvalue weighted by atomic mass is 35.5. The number of ether oxygens (including phenoxy) is 1. The fourth-order valence-corrected chi connectivity index (χ4v) is 3.32. The van der Waals surface area contributed by atoms with Crippen molar-refractivity contribution in [3.8, 4) is 17.0 Å². The summed E-state index contributed by atoms with van der Waals surface area (Å²) in [5.41, 5.74) is 2.80. The van der Waals surface area contributed by atoms with Crippen LogP contribution in [-0.4, -0.2) is 17.5 Å². The first-order chi connectivity index (χ1) is 12.0. The van der Waals surface area contributed by atoms with Gasteiger partial charge < -0.3 is 4.74 Å². The van der Waals surface area contributed by atoms with E-state index in [4.69, 9.17) is 16.3 Å². The van der Waals surface area contributed by atoms with Gasteiger partial charge in [-0.3, -0.25) is 10.1 Å². The Kier molecular flexibility index (Phi) is 5.36. The number of rotatable bonds is 5. The van der Waals surface area contributed by atoms with Crippen LogP contribution >= 0.6 is 22.9 Å². The van der Waals surface area contributed by atoms with Crippen molar-refractivity contribution in [1.29, 1.82) is 0 Å². The average Bonchev–Trinajstić information content (AvgIpc) is 2.95. The number of amides is 1. The quantitative estimate of drug-likeness (QED) is 0.678. The molecular weight excluding hydrogens is 356 g/mol. The van der Waals surface area contributed by atoms with Gasteiger partial charge in [0.15, 0.2) is 11.7 Å². The Balaban J connectivity index is 1.65. The van der Waals surface area contributed by atoms with Crippen LogP contribution in [-0.2, 0) is 4.79 Å². The number of aromatic nitrogens is 1. The first-order valence-corrected chi connectivity index (χ1v) is 8.94. The highest BCUT2D eigenvalue weighted by Gasteiger charge is 2.12. The van der Waals surface area contributed by atoms with Crippen molar-refractivity contribution in [3.63, 3.8) is 0 Å². The third-order valence-corrected chi connectivity index (χ3v) is 4.75. The molecule has 0 atom stereocenters. The van der Waals surface area contributed by atoms with Gasteiger partial charge in [-0.2, -0.15) is 0 Å². The number of nitrogens with one attached hydrogen (secondary N) is 1. The summed E-state index contributed by atoms with van der Waals surface area (Å²) in [6, 6.07) is 15.1. The normalized spacial score (nSPS) is 10.5. The number of benzene rings is 2. The number of anilines is 1. The Morgan fingerprint density at radius 2 is 1.88 bits per heavy atom. The average molecular weight is 373 g/mol. The van der Waals surface area contributed by atoms with Crippen LogP contribution in [0.2, 0.25) is 5.02 Å². The summed E-state index contributed by atoms with van der Waals surface area (Å²) in [6.07, 6.45) is 0. The summed E-state index contributed by atoms with van der Waals surface area (Å²) < 4.78 is 5.56. The minimum Gasteiger partial charge on any atom is -0.483 e. The van der Waals surface area contributed by atoms with Crippen LogP contribution in [0.15, 0.2) is 48.5 Å². The maximum absolute atomic E-state index is 12.1. The number of aryl methyl sites for hydroxylation is 2. The molecule has 0 saturated carbocycles. The molecular formula is C19H17ClN2O2S. The fourth-order valence-electron chi connectivity index (χ4n) is 2.34. The lowest BCUT2D eigenvalue weighted by atomic mass is 10.1. The van der Waals surface area contributed by atoms with Gasteiger partial charge in [-0.1, -0.05) is 41.9 Å². The van der Waals surface area contributed by atoms with E-state index in [1.165, 1.54) is 11.3 Å². The van der Waals surface area contributed by atoms with Crippen molar-refractivity contribution in [2.45, 2.75) is 13.8 Å². The van der Waals surface area contributed by atoms with E-state index in [1.807, 2.05) is 62.4 Å². The zero-order valence-electron chi connectivity index (χ0n) is 13.9. The maximum Gasteiger partial charge on any atom is 0.264 e. The minimum absolute atomic E-state index is 0.0558. The van der Waals surface area contributed by atoms with E-state index in [0.717, 1.165) is 21.7 Å². The van der Waals surface area contributed by atoms with E-state index in [9.17, 15) is 4.79 Å². The number of halogens is 1. The summed E-state index contributed by atoms with van der Waals surface area (Å²) in [5, 5.41) is 4.03. The Hall–Kier alpha value is -2.37. The monoisotopic (exact) mass is 372 g/mol. The second-order valence-corrected chi connectivity index (χ2v) is 7.17. The molecule has 25 heavy (non-hydrogen) atoms.